The predicted molar refractivity (Wildman–Crippen MR) is 101 cm³/mol. The van der Waals surface area contributed by atoms with E-state index in [0.29, 0.717) is 43.2 Å². The van der Waals surface area contributed by atoms with E-state index in [1.165, 1.54) is 12.4 Å². The summed E-state index contributed by atoms with van der Waals surface area (Å²) < 4.78 is 5.05. The van der Waals surface area contributed by atoms with Crippen molar-refractivity contribution < 1.29 is 19.1 Å². The predicted octanol–water partition coefficient (Wildman–Crippen LogP) is 1.31. The summed E-state index contributed by atoms with van der Waals surface area (Å²) in [6.07, 6.45) is 3.62. The number of amides is 2. The Bertz CT molecular complexity index is 848. The van der Waals surface area contributed by atoms with Gasteiger partial charge in [-0.05, 0) is 19.1 Å². The van der Waals surface area contributed by atoms with Crippen LogP contribution in [0.3, 0.4) is 0 Å². The molecule has 0 aliphatic carbocycles. The molecule has 1 N–H and O–H groups in total. The van der Waals surface area contributed by atoms with Crippen LogP contribution < -0.4 is 5.32 Å². The first kappa shape index (κ1) is 19.3. The molecule has 1 fully saturated rings. The number of hydrogen-bond acceptors (Lipinski definition) is 7. The number of para-hydroxylation sites is 1. The van der Waals surface area contributed by atoms with E-state index in [9.17, 15) is 14.4 Å². The van der Waals surface area contributed by atoms with Crippen molar-refractivity contribution in [1.29, 1.82) is 0 Å². The Balaban J connectivity index is 1.68. The summed E-state index contributed by atoms with van der Waals surface area (Å²) in [5.74, 6) is -0.254. The van der Waals surface area contributed by atoms with Gasteiger partial charge in [0.25, 0.3) is 5.91 Å². The molecule has 0 atom stereocenters. The highest BCUT2D eigenvalue weighted by Gasteiger charge is 2.22. The molecule has 1 aliphatic heterocycles. The van der Waals surface area contributed by atoms with Crippen LogP contribution in [0.25, 0.3) is 0 Å². The lowest BCUT2D eigenvalue weighted by Gasteiger charge is -2.32. The summed E-state index contributed by atoms with van der Waals surface area (Å²) in [6, 6.07) is 6.93. The fourth-order valence-electron chi connectivity index (χ4n) is 2.81. The molecule has 3 rings (SSSR count). The third-order valence-electron chi connectivity index (χ3n) is 4.31. The quantitative estimate of drug-likeness (QED) is 0.592. The normalized spacial score (nSPS) is 13.8. The average molecular weight is 383 g/mol. The van der Waals surface area contributed by atoms with E-state index < -0.39 is 5.97 Å². The van der Waals surface area contributed by atoms with E-state index in [2.05, 4.69) is 15.3 Å². The first-order valence-corrected chi connectivity index (χ1v) is 8.96. The van der Waals surface area contributed by atoms with Crippen LogP contribution in [0.5, 0.6) is 0 Å². The molecular weight excluding hydrogens is 362 g/mol. The average Bonchev–Trinajstić information content (AvgIpc) is 2.74. The topological polar surface area (TPSA) is 105 Å². The van der Waals surface area contributed by atoms with E-state index in [4.69, 9.17) is 4.74 Å². The summed E-state index contributed by atoms with van der Waals surface area (Å²) in [5.41, 5.74) is 1.16. The molecule has 0 bridgehead atoms. The second-order valence-electron chi connectivity index (χ2n) is 6.11. The maximum atomic E-state index is 12.5. The highest BCUT2D eigenvalue weighted by atomic mass is 16.5. The number of aromatic nitrogens is 2. The van der Waals surface area contributed by atoms with Gasteiger partial charge in [0.05, 0.1) is 30.3 Å². The molecule has 0 saturated carbocycles. The third kappa shape index (κ3) is 4.43. The fourth-order valence-corrected chi connectivity index (χ4v) is 2.81. The van der Waals surface area contributed by atoms with Gasteiger partial charge in [0.2, 0.25) is 6.41 Å². The van der Waals surface area contributed by atoms with Crippen LogP contribution in [-0.2, 0) is 9.53 Å². The molecule has 146 valence electrons. The monoisotopic (exact) mass is 383 g/mol. The first-order chi connectivity index (χ1) is 13.6. The molecule has 28 heavy (non-hydrogen) atoms. The lowest BCUT2D eigenvalue weighted by molar-refractivity contribution is -0.119. The highest BCUT2D eigenvalue weighted by Crippen LogP contribution is 2.20. The van der Waals surface area contributed by atoms with Crippen molar-refractivity contribution in [1.82, 2.24) is 19.8 Å². The number of benzene rings is 1. The Morgan fingerprint density at radius 1 is 1.14 bits per heavy atom. The second kappa shape index (κ2) is 8.94. The van der Waals surface area contributed by atoms with Crippen molar-refractivity contribution >= 4 is 29.8 Å². The van der Waals surface area contributed by atoms with Gasteiger partial charge >= 0.3 is 5.97 Å². The lowest BCUT2D eigenvalue weighted by Crippen LogP contribution is -2.48. The molecule has 0 unspecified atom stereocenters. The summed E-state index contributed by atoms with van der Waals surface area (Å²) in [4.78, 5) is 47.0. The molecule has 9 nitrogen and oxygen atoms in total. The smallest absolute Gasteiger partial charge is 0.340 e. The molecule has 1 aromatic carbocycles. The van der Waals surface area contributed by atoms with Gasteiger partial charge in [-0.2, -0.15) is 0 Å². The van der Waals surface area contributed by atoms with Crippen molar-refractivity contribution in [3.8, 4) is 0 Å². The maximum absolute atomic E-state index is 12.5. The highest BCUT2D eigenvalue weighted by molar-refractivity contribution is 5.96. The van der Waals surface area contributed by atoms with Crippen molar-refractivity contribution in [2.24, 2.45) is 0 Å². The van der Waals surface area contributed by atoms with Gasteiger partial charge in [-0.25, -0.2) is 14.8 Å². The van der Waals surface area contributed by atoms with E-state index >= 15 is 0 Å². The van der Waals surface area contributed by atoms with Crippen molar-refractivity contribution in [3.05, 3.63) is 47.9 Å². The van der Waals surface area contributed by atoms with E-state index in [1.807, 2.05) is 0 Å². The molecule has 1 aromatic heterocycles. The molecule has 2 amide bonds. The fraction of sp³-hybridized carbons (Fsp3) is 0.316. The first-order valence-electron chi connectivity index (χ1n) is 8.96. The van der Waals surface area contributed by atoms with Crippen LogP contribution in [0.4, 0.5) is 11.5 Å². The number of carbonyl (C=O) groups is 3. The molecule has 2 aromatic rings. The van der Waals surface area contributed by atoms with Crippen molar-refractivity contribution in [2.75, 3.05) is 38.1 Å². The SMILES string of the molecule is CCOC(=O)c1ccccc1Nc1cnc(C(=O)N2CCN(C=O)CC2)cn1. The Morgan fingerprint density at radius 2 is 1.89 bits per heavy atom. The van der Waals surface area contributed by atoms with Crippen molar-refractivity contribution in [2.45, 2.75) is 6.92 Å². The number of rotatable bonds is 6. The number of carbonyl (C=O) groups excluding carboxylic acids is 3. The molecule has 1 saturated heterocycles. The summed E-state index contributed by atoms with van der Waals surface area (Å²) in [7, 11) is 0. The number of ether oxygens (including phenoxy) is 1. The third-order valence-corrected chi connectivity index (χ3v) is 4.31. The minimum atomic E-state index is -0.431. The number of nitrogens with zero attached hydrogens (tertiary/aromatic N) is 4. The summed E-state index contributed by atoms with van der Waals surface area (Å²) >= 11 is 0. The van der Waals surface area contributed by atoms with Crippen LogP contribution in [0.1, 0.15) is 27.8 Å². The Hall–Kier alpha value is -3.49. The number of hydrogen-bond donors (Lipinski definition) is 1. The Labute approximate surface area is 162 Å². The van der Waals surface area contributed by atoms with Gasteiger partial charge in [0.1, 0.15) is 11.5 Å². The van der Waals surface area contributed by atoms with Gasteiger partial charge in [0.15, 0.2) is 0 Å². The minimum absolute atomic E-state index is 0.225. The molecule has 1 aliphatic rings. The largest absolute Gasteiger partial charge is 0.462 e. The summed E-state index contributed by atoms with van der Waals surface area (Å²) in [6.45, 7) is 3.97. The number of anilines is 2. The number of esters is 1. The van der Waals surface area contributed by atoms with Gasteiger partial charge in [0, 0.05) is 26.2 Å². The van der Waals surface area contributed by atoms with Crippen LogP contribution in [-0.4, -0.2) is 70.8 Å². The number of piperazine rings is 1. The molecular formula is C19H21N5O4. The van der Waals surface area contributed by atoms with E-state index in [1.54, 1.807) is 41.0 Å². The molecule has 9 heteroatoms. The summed E-state index contributed by atoms with van der Waals surface area (Å²) in [5, 5.41) is 3.03. The Kier molecular flexibility index (Phi) is 6.15. The van der Waals surface area contributed by atoms with Crippen LogP contribution in [0.2, 0.25) is 0 Å². The zero-order chi connectivity index (χ0) is 19.9. The van der Waals surface area contributed by atoms with Crippen LogP contribution in [0.15, 0.2) is 36.7 Å². The van der Waals surface area contributed by atoms with Gasteiger partial charge in [-0.1, -0.05) is 12.1 Å². The molecule has 0 spiro atoms. The number of nitrogens with one attached hydrogen (secondary N) is 1. The molecule has 0 radical (unpaired) electrons. The Morgan fingerprint density at radius 3 is 2.54 bits per heavy atom. The van der Waals surface area contributed by atoms with Gasteiger partial charge in [-0.3, -0.25) is 9.59 Å². The van der Waals surface area contributed by atoms with Gasteiger partial charge < -0.3 is 19.9 Å². The second-order valence-corrected chi connectivity index (χ2v) is 6.11. The zero-order valence-corrected chi connectivity index (χ0v) is 15.5. The van der Waals surface area contributed by atoms with Crippen molar-refractivity contribution in [3.63, 3.8) is 0 Å². The van der Waals surface area contributed by atoms with Crippen LogP contribution in [0, 0.1) is 0 Å². The maximum Gasteiger partial charge on any atom is 0.340 e. The van der Waals surface area contributed by atoms with Crippen LogP contribution >= 0.6 is 0 Å². The minimum Gasteiger partial charge on any atom is -0.462 e. The standard InChI is InChI=1S/C19H21N5O4/c1-2-28-19(27)14-5-3-4-6-15(14)22-17-12-20-16(11-21-17)18(26)24-9-7-23(13-25)8-10-24/h3-6,11-13H,2,7-10H2,1H3,(H,21,22). The van der Waals surface area contributed by atoms with E-state index in [-0.39, 0.29) is 18.2 Å². The van der Waals surface area contributed by atoms with E-state index in [0.717, 1.165) is 6.41 Å². The zero-order valence-electron chi connectivity index (χ0n) is 15.5. The van der Waals surface area contributed by atoms with Gasteiger partial charge in [-0.15, -0.1) is 0 Å². The lowest BCUT2D eigenvalue weighted by atomic mass is 10.2. The molecule has 2 heterocycles.